The molecule has 1 saturated heterocycles. The number of aliphatic hydroxyl groups excluding tert-OH is 1. The van der Waals surface area contributed by atoms with Gasteiger partial charge >= 0.3 is 6.98 Å². The molecule has 0 saturated carbocycles. The number of anilines is 1. The Balaban J connectivity index is 2.14. The lowest BCUT2D eigenvalue weighted by molar-refractivity contribution is 0.198. The molecular weight excluding hydrogens is 220 g/mol. The van der Waals surface area contributed by atoms with E-state index in [2.05, 4.69) is 4.98 Å². The molecule has 0 aliphatic carbocycles. The van der Waals surface area contributed by atoms with Gasteiger partial charge in [0.1, 0.15) is 5.82 Å². The first-order chi connectivity index (χ1) is 7.47. The van der Waals surface area contributed by atoms with Crippen LogP contribution in [0.3, 0.4) is 0 Å². The van der Waals surface area contributed by atoms with Crippen molar-refractivity contribution in [3.63, 3.8) is 0 Å². The number of nitrogens with zero attached hydrogens (tertiary/aromatic N) is 2. The summed E-state index contributed by atoms with van der Waals surface area (Å²) in [5.41, 5.74) is -0.691. The maximum absolute atomic E-state index is 12.3. The maximum Gasteiger partial charge on any atom is 0.511 e. The van der Waals surface area contributed by atoms with E-state index in [9.17, 15) is 18.1 Å². The van der Waals surface area contributed by atoms with E-state index in [1.165, 1.54) is 6.07 Å². The van der Waals surface area contributed by atoms with E-state index in [1.54, 1.807) is 4.90 Å². The second kappa shape index (κ2) is 3.97. The first kappa shape index (κ1) is 11.3. The van der Waals surface area contributed by atoms with Gasteiger partial charge in [0.05, 0.1) is 6.10 Å². The number of aromatic nitrogens is 1. The van der Waals surface area contributed by atoms with Gasteiger partial charge in [-0.05, 0) is 12.5 Å². The highest BCUT2D eigenvalue weighted by Gasteiger charge is 2.26. The molecule has 1 aromatic rings. The molecule has 1 aliphatic heterocycles. The second-order valence-corrected chi connectivity index (χ2v) is 3.91. The first-order valence-electron chi connectivity index (χ1n) is 5.06. The van der Waals surface area contributed by atoms with Gasteiger partial charge in [0.25, 0.3) is 0 Å². The van der Waals surface area contributed by atoms with Gasteiger partial charge in [0.15, 0.2) is 0 Å². The van der Waals surface area contributed by atoms with Crippen molar-refractivity contribution in [2.75, 3.05) is 18.0 Å². The lowest BCUT2D eigenvalue weighted by Gasteiger charge is -2.19. The molecule has 16 heavy (non-hydrogen) atoms. The zero-order chi connectivity index (χ0) is 11.8. The largest absolute Gasteiger partial charge is 0.511 e. The van der Waals surface area contributed by atoms with Crippen molar-refractivity contribution in [1.82, 2.24) is 4.98 Å². The Bertz CT molecular complexity index is 368. The minimum Gasteiger partial charge on any atom is -0.445 e. The summed E-state index contributed by atoms with van der Waals surface area (Å²) in [6.45, 7) is -3.91. The average molecular weight is 231 g/mol. The van der Waals surface area contributed by atoms with Gasteiger partial charge in [-0.1, -0.05) is 11.5 Å². The lowest BCUT2D eigenvalue weighted by Crippen LogP contribution is -2.34. The molecular formula is C9H11BF3N2O-. The van der Waals surface area contributed by atoms with Gasteiger partial charge in [-0.25, -0.2) is 4.98 Å². The molecule has 1 aliphatic rings. The zero-order valence-corrected chi connectivity index (χ0v) is 8.48. The molecule has 2 rings (SSSR count). The van der Waals surface area contributed by atoms with E-state index in [1.807, 2.05) is 0 Å². The molecule has 88 valence electrons. The Hall–Kier alpha value is -1.24. The lowest BCUT2D eigenvalue weighted by atomic mass is 9.81. The minimum absolute atomic E-state index is 0.409. The smallest absolute Gasteiger partial charge is 0.445 e. The van der Waals surface area contributed by atoms with Gasteiger partial charge in [-0.3, -0.25) is 0 Å². The Kier molecular flexibility index (Phi) is 2.79. The third kappa shape index (κ3) is 2.29. The van der Waals surface area contributed by atoms with Crippen LogP contribution in [0.2, 0.25) is 0 Å². The molecule has 0 radical (unpaired) electrons. The maximum atomic E-state index is 12.3. The van der Waals surface area contributed by atoms with Crippen molar-refractivity contribution in [1.29, 1.82) is 0 Å². The van der Waals surface area contributed by atoms with Crippen molar-refractivity contribution in [3.8, 4) is 0 Å². The molecule has 0 amide bonds. The van der Waals surface area contributed by atoms with Crippen molar-refractivity contribution in [2.24, 2.45) is 0 Å². The third-order valence-corrected chi connectivity index (χ3v) is 2.64. The molecule has 1 N–H and O–H groups in total. The molecule has 3 nitrogen and oxygen atoms in total. The van der Waals surface area contributed by atoms with Crippen molar-refractivity contribution < 1.29 is 18.1 Å². The van der Waals surface area contributed by atoms with Gasteiger partial charge in [0, 0.05) is 19.3 Å². The number of aliphatic hydroxyl groups is 1. The van der Waals surface area contributed by atoms with Crippen LogP contribution in [0.5, 0.6) is 0 Å². The predicted octanol–water partition coefficient (Wildman–Crippen LogP) is 0.707. The number of hydrogen-bond donors (Lipinski definition) is 1. The first-order valence-corrected chi connectivity index (χ1v) is 5.06. The second-order valence-electron chi connectivity index (χ2n) is 3.91. The predicted molar refractivity (Wildman–Crippen MR) is 55.8 cm³/mol. The van der Waals surface area contributed by atoms with Crippen LogP contribution in [-0.2, 0) is 0 Å². The standard InChI is InChI=1S/C9H11BF3N2O/c11-10(12,13)7-1-2-9(14-5-7)15-4-3-8(16)6-15/h1-2,5,8,16H,3-4,6H2/q-1/t8-/m1/s1. The molecule has 0 aromatic carbocycles. The number of pyridine rings is 1. The fourth-order valence-electron chi connectivity index (χ4n) is 1.73. The molecule has 1 aromatic heterocycles. The van der Waals surface area contributed by atoms with Crippen LogP contribution in [0.1, 0.15) is 6.42 Å². The van der Waals surface area contributed by atoms with E-state index >= 15 is 0 Å². The molecule has 0 unspecified atom stereocenters. The summed E-state index contributed by atoms with van der Waals surface area (Å²) in [5.74, 6) is 0.486. The van der Waals surface area contributed by atoms with E-state index in [-0.39, 0.29) is 0 Å². The van der Waals surface area contributed by atoms with Crippen LogP contribution in [-0.4, -0.2) is 36.3 Å². The molecule has 0 spiro atoms. The SMILES string of the molecule is O[C@@H]1CCN(c2ccc([B-](F)(F)F)cn2)C1. The van der Waals surface area contributed by atoms with Crippen molar-refractivity contribution in [2.45, 2.75) is 12.5 Å². The Morgan fingerprint density at radius 2 is 2.12 bits per heavy atom. The van der Waals surface area contributed by atoms with E-state index in [4.69, 9.17) is 0 Å². The summed E-state index contributed by atoms with van der Waals surface area (Å²) in [6.07, 6.45) is 1.07. The van der Waals surface area contributed by atoms with Crippen LogP contribution in [0, 0.1) is 0 Å². The van der Waals surface area contributed by atoms with Crippen molar-refractivity contribution in [3.05, 3.63) is 18.3 Å². The van der Waals surface area contributed by atoms with Crippen molar-refractivity contribution >= 4 is 18.3 Å². The van der Waals surface area contributed by atoms with Crippen LogP contribution < -0.4 is 10.4 Å². The number of hydrogen-bond acceptors (Lipinski definition) is 3. The van der Waals surface area contributed by atoms with Crippen LogP contribution in [0.25, 0.3) is 0 Å². The fourth-order valence-corrected chi connectivity index (χ4v) is 1.73. The quantitative estimate of drug-likeness (QED) is 0.761. The third-order valence-electron chi connectivity index (χ3n) is 2.64. The summed E-state index contributed by atoms with van der Waals surface area (Å²) in [4.78, 5) is 5.55. The Labute approximate surface area is 91.0 Å². The van der Waals surface area contributed by atoms with E-state index in [0.29, 0.717) is 25.3 Å². The Morgan fingerprint density at radius 3 is 2.56 bits per heavy atom. The molecule has 2 heterocycles. The normalized spacial score (nSPS) is 21.5. The highest BCUT2D eigenvalue weighted by molar-refractivity contribution is 6.73. The Morgan fingerprint density at radius 1 is 1.38 bits per heavy atom. The van der Waals surface area contributed by atoms with Gasteiger partial charge in [-0.15, -0.1) is 0 Å². The molecule has 0 bridgehead atoms. The summed E-state index contributed by atoms with van der Waals surface area (Å²) in [5, 5.41) is 9.30. The van der Waals surface area contributed by atoms with Gasteiger partial charge in [-0.2, -0.15) is 0 Å². The van der Waals surface area contributed by atoms with Gasteiger partial charge < -0.3 is 23.0 Å². The van der Waals surface area contributed by atoms with Crippen LogP contribution in [0.4, 0.5) is 18.8 Å². The zero-order valence-electron chi connectivity index (χ0n) is 8.48. The topological polar surface area (TPSA) is 36.4 Å². The van der Waals surface area contributed by atoms with E-state index < -0.39 is 18.5 Å². The number of rotatable bonds is 2. The highest BCUT2D eigenvalue weighted by atomic mass is 19.4. The summed E-state index contributed by atoms with van der Waals surface area (Å²) >= 11 is 0. The van der Waals surface area contributed by atoms with Crippen LogP contribution >= 0.6 is 0 Å². The molecule has 1 fully saturated rings. The summed E-state index contributed by atoms with van der Waals surface area (Å²) < 4.78 is 37.0. The highest BCUT2D eigenvalue weighted by Crippen LogP contribution is 2.17. The van der Waals surface area contributed by atoms with E-state index in [0.717, 1.165) is 12.3 Å². The number of halogens is 3. The van der Waals surface area contributed by atoms with Gasteiger partial charge in [0.2, 0.25) is 0 Å². The monoisotopic (exact) mass is 231 g/mol. The summed E-state index contributed by atoms with van der Waals surface area (Å²) in [6, 6.07) is 2.38. The van der Waals surface area contributed by atoms with Crippen LogP contribution in [0.15, 0.2) is 18.3 Å². The minimum atomic E-state index is -4.98. The fraction of sp³-hybridized carbons (Fsp3) is 0.444. The molecule has 7 heteroatoms. The average Bonchev–Trinajstić information content (AvgIpc) is 2.64. The number of β-amino-alcohol motifs (C(OH)–C–C–N with tert-alkyl or cyclic N) is 1. The summed E-state index contributed by atoms with van der Waals surface area (Å²) in [7, 11) is 0. The molecule has 1 atom stereocenters.